The van der Waals surface area contributed by atoms with Crippen LogP contribution in [0.5, 0.6) is 0 Å². The Labute approximate surface area is 114 Å². The van der Waals surface area contributed by atoms with Crippen molar-refractivity contribution in [3.63, 3.8) is 0 Å². The molecule has 2 nitrogen and oxygen atoms in total. The molecular weight excluding hydrogens is 253 g/mol. The van der Waals surface area contributed by atoms with Crippen molar-refractivity contribution in [2.24, 2.45) is 0 Å². The average molecular weight is 280 g/mol. The summed E-state index contributed by atoms with van der Waals surface area (Å²) < 4.78 is 36.8. The third kappa shape index (κ3) is 4.63. The van der Waals surface area contributed by atoms with Crippen molar-refractivity contribution in [1.29, 1.82) is 0 Å². The van der Waals surface area contributed by atoms with Crippen LogP contribution in [-0.2, 0) is 0 Å². The molecule has 0 spiro atoms. The van der Waals surface area contributed by atoms with Crippen molar-refractivity contribution in [3.8, 4) is 0 Å². The van der Waals surface area contributed by atoms with Crippen LogP contribution in [-0.4, -0.2) is 42.8 Å². The summed E-state index contributed by atoms with van der Waals surface area (Å²) in [6, 6.07) is 0.123. The summed E-state index contributed by atoms with van der Waals surface area (Å²) >= 11 is 0. The van der Waals surface area contributed by atoms with Crippen molar-refractivity contribution >= 4 is 0 Å². The predicted molar refractivity (Wildman–Crippen MR) is 72.3 cm³/mol. The van der Waals surface area contributed by atoms with Crippen LogP contribution >= 0.6 is 0 Å². The molecule has 0 bridgehead atoms. The van der Waals surface area contributed by atoms with Gasteiger partial charge in [-0.25, -0.2) is 0 Å². The van der Waals surface area contributed by atoms with Crippen LogP contribution in [0, 0.1) is 0 Å². The van der Waals surface area contributed by atoms with Crippen LogP contribution in [0.3, 0.4) is 0 Å². The standard InChI is InChI=1S/C14H27F3N2/c1-4-13(2,19-10-5-6-11-19)12(18-3)8-7-9-14(15,16)17/h12,18H,4-11H2,1-3H3. The lowest BCUT2D eigenvalue weighted by Crippen LogP contribution is -2.57. The fraction of sp³-hybridized carbons (Fsp3) is 1.00. The highest BCUT2D eigenvalue weighted by molar-refractivity contribution is 4.97. The van der Waals surface area contributed by atoms with Gasteiger partial charge in [-0.15, -0.1) is 0 Å². The van der Waals surface area contributed by atoms with Gasteiger partial charge in [-0.2, -0.15) is 13.2 Å². The van der Waals surface area contributed by atoms with Gasteiger partial charge in [0.15, 0.2) is 0 Å². The predicted octanol–water partition coefficient (Wildman–Crippen LogP) is 3.57. The number of nitrogens with one attached hydrogen (secondary N) is 1. The summed E-state index contributed by atoms with van der Waals surface area (Å²) in [5, 5.41) is 3.25. The maximum absolute atomic E-state index is 12.3. The van der Waals surface area contributed by atoms with Gasteiger partial charge in [0.05, 0.1) is 0 Å². The molecule has 0 aliphatic carbocycles. The molecule has 2 atom stereocenters. The SMILES string of the molecule is CCC(C)(C(CCCC(F)(F)F)NC)N1CCCC1. The van der Waals surface area contributed by atoms with Gasteiger partial charge in [0.25, 0.3) is 0 Å². The van der Waals surface area contributed by atoms with E-state index >= 15 is 0 Å². The van der Waals surface area contributed by atoms with Gasteiger partial charge in [0, 0.05) is 18.0 Å². The van der Waals surface area contributed by atoms with Gasteiger partial charge < -0.3 is 5.32 Å². The van der Waals surface area contributed by atoms with Gasteiger partial charge in [0.2, 0.25) is 0 Å². The number of nitrogens with zero attached hydrogens (tertiary/aromatic N) is 1. The number of rotatable bonds is 7. The Hall–Kier alpha value is -0.290. The van der Waals surface area contributed by atoms with Crippen molar-refractivity contribution in [2.75, 3.05) is 20.1 Å². The molecule has 5 heteroatoms. The van der Waals surface area contributed by atoms with Crippen LogP contribution in [0.15, 0.2) is 0 Å². The molecule has 1 fully saturated rings. The molecule has 0 amide bonds. The molecule has 0 aromatic carbocycles. The van der Waals surface area contributed by atoms with Crippen molar-refractivity contribution in [3.05, 3.63) is 0 Å². The van der Waals surface area contributed by atoms with Crippen LogP contribution < -0.4 is 5.32 Å². The van der Waals surface area contributed by atoms with Gasteiger partial charge in [0.1, 0.15) is 0 Å². The van der Waals surface area contributed by atoms with E-state index in [1.807, 2.05) is 7.05 Å². The molecular formula is C14H27F3N2. The number of alkyl halides is 3. The van der Waals surface area contributed by atoms with Gasteiger partial charge in [-0.3, -0.25) is 4.90 Å². The van der Waals surface area contributed by atoms with E-state index in [9.17, 15) is 13.2 Å². The minimum absolute atomic E-state index is 0.0309. The second kappa shape index (κ2) is 6.93. The fourth-order valence-corrected chi connectivity index (χ4v) is 3.19. The Kier molecular flexibility index (Phi) is 6.12. The Morgan fingerprint density at radius 1 is 1.21 bits per heavy atom. The summed E-state index contributed by atoms with van der Waals surface area (Å²) in [5.41, 5.74) is -0.0309. The van der Waals surface area contributed by atoms with Crippen molar-refractivity contribution in [2.45, 2.75) is 70.1 Å². The molecule has 0 aromatic rings. The molecule has 0 saturated carbocycles. The molecule has 1 aliphatic heterocycles. The van der Waals surface area contributed by atoms with E-state index in [1.165, 1.54) is 12.8 Å². The third-order valence-electron chi connectivity index (χ3n) is 4.60. The molecule has 2 unspecified atom stereocenters. The molecule has 0 aromatic heterocycles. The Morgan fingerprint density at radius 2 is 1.79 bits per heavy atom. The molecule has 0 radical (unpaired) electrons. The summed E-state index contributed by atoms with van der Waals surface area (Å²) in [5.74, 6) is 0. The van der Waals surface area contributed by atoms with Crippen LogP contribution in [0.1, 0.15) is 52.4 Å². The summed E-state index contributed by atoms with van der Waals surface area (Å²) in [7, 11) is 1.86. The molecule has 1 aliphatic rings. The van der Waals surface area contributed by atoms with Gasteiger partial charge in [-0.05, 0) is 59.2 Å². The average Bonchev–Trinajstić information content (AvgIpc) is 2.86. The second-order valence-electron chi connectivity index (χ2n) is 5.75. The van der Waals surface area contributed by atoms with Gasteiger partial charge in [-0.1, -0.05) is 6.92 Å². The fourth-order valence-electron chi connectivity index (χ4n) is 3.19. The first-order valence-corrected chi connectivity index (χ1v) is 7.32. The van der Waals surface area contributed by atoms with E-state index in [0.717, 1.165) is 19.5 Å². The largest absolute Gasteiger partial charge is 0.389 e. The smallest absolute Gasteiger partial charge is 0.315 e. The molecule has 114 valence electrons. The van der Waals surface area contributed by atoms with E-state index in [0.29, 0.717) is 6.42 Å². The first kappa shape index (κ1) is 16.8. The topological polar surface area (TPSA) is 15.3 Å². The maximum Gasteiger partial charge on any atom is 0.389 e. The number of likely N-dealkylation sites (tertiary alicyclic amines) is 1. The Bertz CT molecular complexity index is 262. The monoisotopic (exact) mass is 280 g/mol. The van der Waals surface area contributed by atoms with Crippen molar-refractivity contribution in [1.82, 2.24) is 10.2 Å². The van der Waals surface area contributed by atoms with E-state index in [4.69, 9.17) is 0 Å². The lowest BCUT2D eigenvalue weighted by Gasteiger charge is -2.44. The molecule has 19 heavy (non-hydrogen) atoms. The lowest BCUT2D eigenvalue weighted by atomic mass is 9.84. The van der Waals surface area contributed by atoms with E-state index in [2.05, 4.69) is 24.1 Å². The molecule has 1 N–H and O–H groups in total. The van der Waals surface area contributed by atoms with Gasteiger partial charge >= 0.3 is 6.18 Å². The Balaban J connectivity index is 2.59. The number of hydrogen-bond acceptors (Lipinski definition) is 2. The lowest BCUT2D eigenvalue weighted by molar-refractivity contribution is -0.136. The number of hydrogen-bond donors (Lipinski definition) is 1. The zero-order valence-corrected chi connectivity index (χ0v) is 12.3. The Morgan fingerprint density at radius 3 is 2.21 bits per heavy atom. The molecule has 1 saturated heterocycles. The van der Waals surface area contributed by atoms with E-state index in [1.54, 1.807) is 0 Å². The number of halogens is 3. The van der Waals surface area contributed by atoms with E-state index in [-0.39, 0.29) is 18.0 Å². The maximum atomic E-state index is 12.3. The van der Waals surface area contributed by atoms with Crippen LogP contribution in [0.2, 0.25) is 0 Å². The third-order valence-corrected chi connectivity index (χ3v) is 4.60. The minimum Gasteiger partial charge on any atom is -0.315 e. The zero-order valence-electron chi connectivity index (χ0n) is 12.3. The zero-order chi connectivity index (χ0) is 14.5. The van der Waals surface area contributed by atoms with E-state index < -0.39 is 12.6 Å². The number of likely N-dealkylation sites (N-methyl/N-ethyl adjacent to an activating group) is 1. The van der Waals surface area contributed by atoms with Crippen LogP contribution in [0.25, 0.3) is 0 Å². The highest BCUT2D eigenvalue weighted by atomic mass is 19.4. The molecule has 1 rings (SSSR count). The summed E-state index contributed by atoms with van der Waals surface area (Å²) in [6.07, 6.45) is -0.553. The minimum atomic E-state index is -4.03. The normalized spacial score (nSPS) is 22.4. The first-order valence-electron chi connectivity index (χ1n) is 7.32. The second-order valence-corrected chi connectivity index (χ2v) is 5.75. The molecule has 1 heterocycles. The van der Waals surface area contributed by atoms with Crippen molar-refractivity contribution < 1.29 is 13.2 Å². The first-order chi connectivity index (χ1) is 8.83. The quantitative estimate of drug-likeness (QED) is 0.767. The highest BCUT2D eigenvalue weighted by Crippen LogP contribution is 2.31. The van der Waals surface area contributed by atoms with Crippen LogP contribution in [0.4, 0.5) is 13.2 Å². The summed E-state index contributed by atoms with van der Waals surface area (Å²) in [6.45, 7) is 6.46. The highest BCUT2D eigenvalue weighted by Gasteiger charge is 2.39. The summed E-state index contributed by atoms with van der Waals surface area (Å²) in [4.78, 5) is 2.45.